The molecule has 0 amide bonds. The average Bonchev–Trinajstić information content (AvgIpc) is 1.87. The molecule has 0 radical (unpaired) electrons. The SMILES string of the molecule is CNC(C)(CO)CC(C)C. The van der Waals surface area contributed by atoms with Crippen molar-refractivity contribution in [3.05, 3.63) is 0 Å². The van der Waals surface area contributed by atoms with Gasteiger partial charge in [-0.3, -0.25) is 0 Å². The molecule has 0 aromatic carbocycles. The van der Waals surface area contributed by atoms with Gasteiger partial charge in [-0.25, -0.2) is 0 Å². The fraction of sp³-hybridized carbons (Fsp3) is 1.00. The van der Waals surface area contributed by atoms with Gasteiger partial charge in [0, 0.05) is 5.54 Å². The maximum atomic E-state index is 8.97. The first-order valence-corrected chi connectivity index (χ1v) is 3.84. The third kappa shape index (κ3) is 3.18. The van der Waals surface area contributed by atoms with Crippen molar-refractivity contribution >= 4 is 0 Å². The van der Waals surface area contributed by atoms with Crippen molar-refractivity contribution in [3.63, 3.8) is 0 Å². The Kier molecular flexibility index (Phi) is 3.91. The van der Waals surface area contributed by atoms with E-state index in [1.54, 1.807) is 0 Å². The first kappa shape index (κ1) is 9.92. The number of aliphatic hydroxyl groups excluding tert-OH is 1. The molecule has 10 heavy (non-hydrogen) atoms. The van der Waals surface area contributed by atoms with Gasteiger partial charge >= 0.3 is 0 Å². The Bertz CT molecular complexity index is 87.3. The lowest BCUT2D eigenvalue weighted by Crippen LogP contribution is -2.44. The van der Waals surface area contributed by atoms with Crippen molar-refractivity contribution < 1.29 is 5.11 Å². The van der Waals surface area contributed by atoms with Crippen LogP contribution in [0, 0.1) is 5.92 Å². The maximum absolute atomic E-state index is 8.97. The Labute approximate surface area is 63.6 Å². The predicted molar refractivity (Wildman–Crippen MR) is 44.0 cm³/mol. The van der Waals surface area contributed by atoms with Crippen LogP contribution in [-0.2, 0) is 0 Å². The van der Waals surface area contributed by atoms with Gasteiger partial charge in [0.05, 0.1) is 6.61 Å². The number of likely N-dealkylation sites (N-methyl/N-ethyl adjacent to an activating group) is 1. The standard InChI is InChI=1S/C8H19NO/c1-7(2)5-8(3,6-10)9-4/h7,9-10H,5-6H2,1-4H3. The molecule has 2 N–H and O–H groups in total. The minimum atomic E-state index is -0.0891. The van der Waals surface area contributed by atoms with Crippen LogP contribution < -0.4 is 5.32 Å². The van der Waals surface area contributed by atoms with Crippen molar-refractivity contribution in [2.75, 3.05) is 13.7 Å². The van der Waals surface area contributed by atoms with Crippen LogP contribution in [0.25, 0.3) is 0 Å². The molecule has 1 unspecified atom stereocenters. The highest BCUT2D eigenvalue weighted by Crippen LogP contribution is 2.14. The molecule has 0 bridgehead atoms. The number of aliphatic hydroxyl groups is 1. The third-order valence-corrected chi connectivity index (χ3v) is 1.81. The Morgan fingerprint density at radius 2 is 2.00 bits per heavy atom. The molecule has 0 aliphatic heterocycles. The second kappa shape index (κ2) is 3.94. The lowest BCUT2D eigenvalue weighted by atomic mass is 9.92. The molecule has 2 nitrogen and oxygen atoms in total. The van der Waals surface area contributed by atoms with Crippen LogP contribution in [0.5, 0.6) is 0 Å². The van der Waals surface area contributed by atoms with Crippen LogP contribution in [0.1, 0.15) is 27.2 Å². The molecular formula is C8H19NO. The van der Waals surface area contributed by atoms with Crippen LogP contribution in [0.4, 0.5) is 0 Å². The quantitative estimate of drug-likeness (QED) is 0.618. The van der Waals surface area contributed by atoms with E-state index in [0.717, 1.165) is 6.42 Å². The molecule has 1 atom stereocenters. The summed E-state index contributed by atoms with van der Waals surface area (Å²) in [4.78, 5) is 0. The van der Waals surface area contributed by atoms with Crippen molar-refractivity contribution in [1.82, 2.24) is 5.32 Å². The average molecular weight is 145 g/mol. The smallest absolute Gasteiger partial charge is 0.0610 e. The molecule has 0 aliphatic carbocycles. The maximum Gasteiger partial charge on any atom is 0.0610 e. The lowest BCUT2D eigenvalue weighted by Gasteiger charge is -2.28. The molecular weight excluding hydrogens is 126 g/mol. The van der Waals surface area contributed by atoms with E-state index in [1.165, 1.54) is 0 Å². The molecule has 0 heterocycles. The minimum absolute atomic E-state index is 0.0891. The van der Waals surface area contributed by atoms with Crippen LogP contribution in [0.15, 0.2) is 0 Å². The minimum Gasteiger partial charge on any atom is -0.394 e. The Morgan fingerprint density at radius 3 is 2.10 bits per heavy atom. The van der Waals surface area contributed by atoms with Gasteiger partial charge in [0.1, 0.15) is 0 Å². The second-order valence-corrected chi connectivity index (χ2v) is 3.57. The third-order valence-electron chi connectivity index (χ3n) is 1.81. The van der Waals surface area contributed by atoms with Crippen molar-refractivity contribution in [3.8, 4) is 0 Å². The van der Waals surface area contributed by atoms with E-state index in [9.17, 15) is 0 Å². The van der Waals surface area contributed by atoms with Gasteiger partial charge in [-0.2, -0.15) is 0 Å². The van der Waals surface area contributed by atoms with E-state index in [0.29, 0.717) is 5.92 Å². The fourth-order valence-corrected chi connectivity index (χ4v) is 1.15. The zero-order valence-electron chi connectivity index (χ0n) is 7.44. The molecule has 0 rings (SSSR count). The molecule has 0 fully saturated rings. The summed E-state index contributed by atoms with van der Waals surface area (Å²) >= 11 is 0. The van der Waals surface area contributed by atoms with E-state index in [1.807, 2.05) is 14.0 Å². The van der Waals surface area contributed by atoms with Gasteiger partial charge in [0.2, 0.25) is 0 Å². The predicted octanol–water partition coefficient (Wildman–Crippen LogP) is 1.00. The summed E-state index contributed by atoms with van der Waals surface area (Å²) in [6.45, 7) is 6.56. The van der Waals surface area contributed by atoms with Gasteiger partial charge in [-0.05, 0) is 26.3 Å². The zero-order chi connectivity index (χ0) is 8.20. The van der Waals surface area contributed by atoms with Crippen molar-refractivity contribution in [1.29, 1.82) is 0 Å². The van der Waals surface area contributed by atoms with E-state index in [2.05, 4.69) is 19.2 Å². The van der Waals surface area contributed by atoms with Crippen LogP contribution in [0.2, 0.25) is 0 Å². The number of hydrogen-bond acceptors (Lipinski definition) is 2. The molecule has 0 spiro atoms. The van der Waals surface area contributed by atoms with Gasteiger partial charge < -0.3 is 10.4 Å². The highest BCUT2D eigenvalue weighted by Gasteiger charge is 2.21. The molecule has 62 valence electrons. The Hall–Kier alpha value is -0.0800. The number of hydrogen-bond donors (Lipinski definition) is 2. The fourth-order valence-electron chi connectivity index (χ4n) is 1.15. The van der Waals surface area contributed by atoms with Gasteiger partial charge in [0.15, 0.2) is 0 Å². The first-order chi connectivity index (χ1) is 4.54. The summed E-state index contributed by atoms with van der Waals surface area (Å²) in [6, 6.07) is 0. The molecule has 2 heteroatoms. The van der Waals surface area contributed by atoms with Crippen LogP contribution in [0.3, 0.4) is 0 Å². The Balaban J connectivity index is 3.80. The highest BCUT2D eigenvalue weighted by atomic mass is 16.3. The van der Waals surface area contributed by atoms with Crippen LogP contribution in [-0.4, -0.2) is 24.3 Å². The van der Waals surface area contributed by atoms with Gasteiger partial charge in [-0.1, -0.05) is 13.8 Å². The second-order valence-electron chi connectivity index (χ2n) is 3.57. The summed E-state index contributed by atoms with van der Waals surface area (Å²) in [7, 11) is 1.89. The molecule has 0 saturated carbocycles. The lowest BCUT2D eigenvalue weighted by molar-refractivity contribution is 0.161. The summed E-state index contributed by atoms with van der Waals surface area (Å²) in [5.74, 6) is 0.629. The largest absolute Gasteiger partial charge is 0.394 e. The summed E-state index contributed by atoms with van der Waals surface area (Å²) in [5, 5.41) is 12.1. The van der Waals surface area contributed by atoms with Crippen LogP contribution >= 0.6 is 0 Å². The van der Waals surface area contributed by atoms with Crippen molar-refractivity contribution in [2.24, 2.45) is 5.92 Å². The summed E-state index contributed by atoms with van der Waals surface area (Å²) in [5.41, 5.74) is -0.0891. The summed E-state index contributed by atoms with van der Waals surface area (Å²) < 4.78 is 0. The Morgan fingerprint density at radius 1 is 1.50 bits per heavy atom. The molecule has 0 saturated heterocycles. The van der Waals surface area contributed by atoms with E-state index in [4.69, 9.17) is 5.11 Å². The van der Waals surface area contributed by atoms with E-state index < -0.39 is 0 Å². The number of rotatable bonds is 4. The first-order valence-electron chi connectivity index (χ1n) is 3.84. The van der Waals surface area contributed by atoms with E-state index >= 15 is 0 Å². The van der Waals surface area contributed by atoms with Gasteiger partial charge in [0.25, 0.3) is 0 Å². The van der Waals surface area contributed by atoms with Crippen molar-refractivity contribution in [2.45, 2.75) is 32.7 Å². The summed E-state index contributed by atoms with van der Waals surface area (Å²) in [6.07, 6.45) is 1.01. The number of nitrogens with one attached hydrogen (secondary N) is 1. The zero-order valence-corrected chi connectivity index (χ0v) is 7.44. The molecule has 0 aliphatic rings. The molecule has 0 aromatic heterocycles. The molecule has 0 aromatic rings. The highest BCUT2D eigenvalue weighted by molar-refractivity contribution is 4.81. The topological polar surface area (TPSA) is 32.3 Å². The van der Waals surface area contributed by atoms with E-state index in [-0.39, 0.29) is 12.1 Å². The monoisotopic (exact) mass is 145 g/mol. The van der Waals surface area contributed by atoms with Gasteiger partial charge in [-0.15, -0.1) is 0 Å². The normalized spacial score (nSPS) is 17.4.